The van der Waals surface area contributed by atoms with Crippen LogP contribution in [-0.2, 0) is 11.2 Å². The monoisotopic (exact) mass is 349 g/mol. The second kappa shape index (κ2) is 7.32. The lowest BCUT2D eigenvalue weighted by Crippen LogP contribution is -2.68. The number of fused-ring (bicyclic) bond motifs is 1. The lowest BCUT2D eigenvalue weighted by atomic mass is 9.57. The standard InChI is InChI=1S/C19H28ClN3O/c1-4-21-18(22-11-9-13-5-7-14(20)8-6-13)23-16-15-10-12-24-17(15)19(16,2)3/h5-8,15-17H,4,9-12H2,1-3H3,(H2,21,22,23). The summed E-state index contributed by atoms with van der Waals surface area (Å²) in [5, 5.41) is 7.80. The Balaban J connectivity index is 1.58. The number of aliphatic imine (C=N–C) groups is 1. The van der Waals surface area contributed by atoms with E-state index in [9.17, 15) is 0 Å². The Morgan fingerprint density at radius 1 is 1.33 bits per heavy atom. The first-order chi connectivity index (χ1) is 11.5. The van der Waals surface area contributed by atoms with Gasteiger partial charge in [-0.2, -0.15) is 0 Å². The van der Waals surface area contributed by atoms with E-state index in [-0.39, 0.29) is 5.41 Å². The van der Waals surface area contributed by atoms with Crippen LogP contribution in [0.25, 0.3) is 0 Å². The van der Waals surface area contributed by atoms with Gasteiger partial charge in [0.1, 0.15) is 0 Å². The molecule has 1 saturated carbocycles. The van der Waals surface area contributed by atoms with Gasteiger partial charge in [-0.15, -0.1) is 0 Å². The molecule has 1 heterocycles. The lowest BCUT2D eigenvalue weighted by molar-refractivity contribution is -0.106. The normalized spacial score (nSPS) is 28.2. The van der Waals surface area contributed by atoms with Crippen molar-refractivity contribution < 1.29 is 4.74 Å². The van der Waals surface area contributed by atoms with E-state index >= 15 is 0 Å². The summed E-state index contributed by atoms with van der Waals surface area (Å²) in [6.45, 7) is 9.19. The van der Waals surface area contributed by atoms with E-state index in [4.69, 9.17) is 21.3 Å². The van der Waals surface area contributed by atoms with Gasteiger partial charge in [0.15, 0.2) is 5.96 Å². The van der Waals surface area contributed by atoms with Crippen molar-refractivity contribution >= 4 is 17.6 Å². The molecule has 2 N–H and O–H groups in total. The van der Waals surface area contributed by atoms with Gasteiger partial charge in [0.2, 0.25) is 0 Å². The third kappa shape index (κ3) is 3.55. The van der Waals surface area contributed by atoms with Gasteiger partial charge in [0.05, 0.1) is 6.10 Å². The topological polar surface area (TPSA) is 45.7 Å². The van der Waals surface area contributed by atoms with Crippen molar-refractivity contribution in [1.29, 1.82) is 0 Å². The van der Waals surface area contributed by atoms with Crippen molar-refractivity contribution in [3.05, 3.63) is 34.9 Å². The minimum atomic E-state index is 0.160. The molecule has 24 heavy (non-hydrogen) atoms. The van der Waals surface area contributed by atoms with E-state index in [0.29, 0.717) is 18.1 Å². The van der Waals surface area contributed by atoms with Gasteiger partial charge >= 0.3 is 0 Å². The predicted molar refractivity (Wildman–Crippen MR) is 99.7 cm³/mol. The van der Waals surface area contributed by atoms with Gasteiger partial charge in [0, 0.05) is 42.1 Å². The van der Waals surface area contributed by atoms with Crippen molar-refractivity contribution in [1.82, 2.24) is 10.6 Å². The Bertz CT molecular complexity index is 585. The van der Waals surface area contributed by atoms with Crippen LogP contribution < -0.4 is 10.6 Å². The number of halogens is 1. The molecule has 3 atom stereocenters. The fourth-order valence-electron chi connectivity index (χ4n) is 4.03. The summed E-state index contributed by atoms with van der Waals surface area (Å²) in [7, 11) is 0. The van der Waals surface area contributed by atoms with Crippen LogP contribution in [0.4, 0.5) is 0 Å². The fourth-order valence-corrected chi connectivity index (χ4v) is 4.16. The number of guanidine groups is 1. The smallest absolute Gasteiger partial charge is 0.191 e. The summed E-state index contributed by atoms with van der Waals surface area (Å²) < 4.78 is 5.88. The van der Waals surface area contributed by atoms with Crippen LogP contribution in [0, 0.1) is 11.3 Å². The molecule has 2 fully saturated rings. The molecular formula is C19H28ClN3O. The zero-order valence-corrected chi connectivity index (χ0v) is 15.6. The molecule has 1 aliphatic carbocycles. The van der Waals surface area contributed by atoms with E-state index in [1.54, 1.807) is 0 Å². The lowest BCUT2D eigenvalue weighted by Gasteiger charge is -2.54. The highest BCUT2D eigenvalue weighted by atomic mass is 35.5. The molecule has 5 heteroatoms. The molecule has 2 aliphatic rings. The summed E-state index contributed by atoms with van der Waals surface area (Å²) in [4.78, 5) is 4.75. The highest BCUT2D eigenvalue weighted by Crippen LogP contribution is 2.52. The summed E-state index contributed by atoms with van der Waals surface area (Å²) in [5.41, 5.74) is 1.42. The van der Waals surface area contributed by atoms with Crippen molar-refractivity contribution in [2.45, 2.75) is 45.8 Å². The first-order valence-corrected chi connectivity index (χ1v) is 9.31. The van der Waals surface area contributed by atoms with E-state index in [0.717, 1.165) is 43.5 Å². The predicted octanol–water partition coefficient (Wildman–Crippen LogP) is 3.25. The molecule has 4 nitrogen and oxygen atoms in total. The van der Waals surface area contributed by atoms with E-state index < -0.39 is 0 Å². The van der Waals surface area contributed by atoms with Crippen molar-refractivity contribution in [3.63, 3.8) is 0 Å². The number of nitrogens with one attached hydrogen (secondary N) is 2. The molecule has 1 aliphatic heterocycles. The van der Waals surface area contributed by atoms with Crippen LogP contribution in [0.15, 0.2) is 29.3 Å². The molecule has 1 aromatic carbocycles. The average Bonchev–Trinajstić information content (AvgIpc) is 3.01. The molecule has 0 radical (unpaired) electrons. The van der Waals surface area contributed by atoms with Gasteiger partial charge in [-0.25, -0.2) is 0 Å². The Kier molecular flexibility index (Phi) is 5.36. The van der Waals surface area contributed by atoms with Crippen LogP contribution in [0.1, 0.15) is 32.8 Å². The third-order valence-corrected chi connectivity index (χ3v) is 5.57. The van der Waals surface area contributed by atoms with Crippen molar-refractivity contribution in [2.75, 3.05) is 19.7 Å². The summed E-state index contributed by atoms with van der Waals surface area (Å²) in [6.07, 6.45) is 2.46. The zero-order valence-electron chi connectivity index (χ0n) is 14.8. The SMILES string of the molecule is CCNC(=NCCc1ccc(Cl)cc1)NC1C2CCOC2C1(C)C. The van der Waals surface area contributed by atoms with Gasteiger partial charge in [-0.3, -0.25) is 4.99 Å². The average molecular weight is 350 g/mol. The number of ether oxygens (including phenoxy) is 1. The molecule has 1 aromatic rings. The van der Waals surface area contributed by atoms with Crippen LogP contribution in [0.2, 0.25) is 5.02 Å². The van der Waals surface area contributed by atoms with E-state index in [1.165, 1.54) is 5.56 Å². The molecule has 3 rings (SSSR count). The van der Waals surface area contributed by atoms with E-state index in [1.807, 2.05) is 12.1 Å². The van der Waals surface area contributed by atoms with Crippen LogP contribution in [-0.4, -0.2) is 37.8 Å². The van der Waals surface area contributed by atoms with Gasteiger partial charge in [-0.1, -0.05) is 37.6 Å². The van der Waals surface area contributed by atoms with Crippen LogP contribution in [0.3, 0.4) is 0 Å². The first kappa shape index (κ1) is 17.6. The Labute approximate surface area is 150 Å². The first-order valence-electron chi connectivity index (χ1n) is 8.93. The highest BCUT2D eigenvalue weighted by molar-refractivity contribution is 6.30. The number of nitrogens with zero attached hydrogens (tertiary/aromatic N) is 1. The molecule has 132 valence electrons. The molecule has 1 saturated heterocycles. The van der Waals surface area contributed by atoms with Crippen molar-refractivity contribution in [3.8, 4) is 0 Å². The molecule has 0 aromatic heterocycles. The Morgan fingerprint density at radius 2 is 2.08 bits per heavy atom. The minimum absolute atomic E-state index is 0.160. The molecule has 0 amide bonds. The minimum Gasteiger partial charge on any atom is -0.377 e. The second-order valence-corrected chi connectivity index (χ2v) is 7.76. The van der Waals surface area contributed by atoms with Crippen LogP contribution in [0.5, 0.6) is 0 Å². The second-order valence-electron chi connectivity index (χ2n) is 7.32. The Hall–Kier alpha value is -1.26. The zero-order chi connectivity index (χ0) is 17.2. The number of hydrogen-bond acceptors (Lipinski definition) is 2. The van der Waals surface area contributed by atoms with Crippen molar-refractivity contribution in [2.24, 2.45) is 16.3 Å². The molecule has 3 unspecified atom stereocenters. The summed E-state index contributed by atoms with van der Waals surface area (Å²) >= 11 is 5.93. The van der Waals surface area contributed by atoms with Crippen LogP contribution >= 0.6 is 11.6 Å². The maximum absolute atomic E-state index is 5.93. The van der Waals surface area contributed by atoms with E-state index in [2.05, 4.69) is 43.5 Å². The highest BCUT2D eigenvalue weighted by Gasteiger charge is 2.59. The van der Waals surface area contributed by atoms with Gasteiger partial charge in [0.25, 0.3) is 0 Å². The number of hydrogen-bond donors (Lipinski definition) is 2. The maximum Gasteiger partial charge on any atom is 0.191 e. The fraction of sp³-hybridized carbons (Fsp3) is 0.632. The third-order valence-electron chi connectivity index (χ3n) is 5.32. The molecular weight excluding hydrogens is 322 g/mol. The largest absolute Gasteiger partial charge is 0.377 e. The Morgan fingerprint density at radius 3 is 2.79 bits per heavy atom. The molecule has 0 spiro atoms. The summed E-state index contributed by atoms with van der Waals surface area (Å²) in [5.74, 6) is 1.52. The number of benzene rings is 1. The number of rotatable bonds is 5. The maximum atomic E-state index is 5.93. The quantitative estimate of drug-likeness (QED) is 0.633. The summed E-state index contributed by atoms with van der Waals surface area (Å²) in [6, 6.07) is 8.42. The van der Waals surface area contributed by atoms with Gasteiger partial charge in [-0.05, 0) is 37.5 Å². The molecule has 0 bridgehead atoms. The van der Waals surface area contributed by atoms with Gasteiger partial charge < -0.3 is 15.4 Å².